The number of nitrogens with zero attached hydrogens (tertiary/aromatic N) is 2. The minimum absolute atomic E-state index is 0.0753. The first-order valence-electron chi connectivity index (χ1n) is 5.98. The summed E-state index contributed by atoms with van der Waals surface area (Å²) in [5.74, 6) is 0.325. The Balaban J connectivity index is 2.34. The zero-order valence-electron chi connectivity index (χ0n) is 10.7. The lowest BCUT2D eigenvalue weighted by Gasteiger charge is -2.35. The van der Waals surface area contributed by atoms with Crippen molar-refractivity contribution in [2.75, 3.05) is 13.1 Å². The topological polar surface area (TPSA) is 86.3 Å². The molecule has 0 spiro atoms. The van der Waals surface area contributed by atoms with E-state index in [-0.39, 0.29) is 30.5 Å². The summed E-state index contributed by atoms with van der Waals surface area (Å²) >= 11 is 0. The summed E-state index contributed by atoms with van der Waals surface area (Å²) in [4.78, 5) is 32.3. The molecule has 2 heterocycles. The van der Waals surface area contributed by atoms with Gasteiger partial charge in [-0.15, -0.1) is 0 Å². The lowest BCUT2D eigenvalue weighted by Crippen LogP contribution is -2.54. The molecule has 1 aromatic heterocycles. The number of H-pyrrole nitrogens is 1. The van der Waals surface area contributed by atoms with Gasteiger partial charge in [0.2, 0.25) is 0 Å². The fraction of sp³-hybridized carbons (Fsp3) is 0.583. The highest BCUT2D eigenvalue weighted by molar-refractivity contribution is 5.95. The van der Waals surface area contributed by atoms with Crippen LogP contribution in [0.1, 0.15) is 41.6 Å². The third-order valence-corrected chi connectivity index (χ3v) is 3.03. The summed E-state index contributed by atoms with van der Waals surface area (Å²) < 4.78 is 0. The molecule has 6 heteroatoms. The fourth-order valence-electron chi connectivity index (χ4n) is 1.91. The predicted molar refractivity (Wildman–Crippen MR) is 65.6 cm³/mol. The Kier molecular flexibility index (Phi) is 3.21. The average molecular weight is 251 g/mol. The van der Waals surface area contributed by atoms with Crippen molar-refractivity contribution in [2.24, 2.45) is 0 Å². The molecule has 1 fully saturated rings. The van der Waals surface area contributed by atoms with Crippen LogP contribution in [0.25, 0.3) is 0 Å². The number of amides is 1. The molecule has 0 bridgehead atoms. The zero-order chi connectivity index (χ0) is 13.4. The number of aromatic nitrogens is 2. The highest BCUT2D eigenvalue weighted by Gasteiger charge is 2.32. The standard InChI is InChI=1S/C12H17N3O3/c1-6(2)10-13-7(3)9(11(17)14-10)12(18)15-4-8(16)5-15/h6,8,16H,4-5H2,1-3H3,(H,13,14,17). The summed E-state index contributed by atoms with van der Waals surface area (Å²) in [6.07, 6.45) is -0.476. The molecular weight excluding hydrogens is 234 g/mol. The first kappa shape index (κ1) is 12.8. The van der Waals surface area contributed by atoms with Crippen molar-refractivity contribution in [3.8, 4) is 0 Å². The van der Waals surface area contributed by atoms with E-state index in [4.69, 9.17) is 0 Å². The van der Waals surface area contributed by atoms with Crippen LogP contribution in [0.15, 0.2) is 4.79 Å². The summed E-state index contributed by atoms with van der Waals surface area (Å²) in [6.45, 7) is 6.06. The molecule has 2 N–H and O–H groups in total. The Morgan fingerprint density at radius 1 is 1.50 bits per heavy atom. The molecule has 1 aliphatic rings. The number of hydrogen-bond acceptors (Lipinski definition) is 4. The van der Waals surface area contributed by atoms with Crippen molar-refractivity contribution < 1.29 is 9.90 Å². The molecule has 0 unspecified atom stereocenters. The highest BCUT2D eigenvalue weighted by Crippen LogP contribution is 2.14. The lowest BCUT2D eigenvalue weighted by molar-refractivity contribution is 0.00567. The van der Waals surface area contributed by atoms with Crippen molar-refractivity contribution >= 4 is 5.91 Å². The third kappa shape index (κ3) is 2.15. The van der Waals surface area contributed by atoms with E-state index in [0.717, 1.165) is 0 Å². The summed E-state index contributed by atoms with van der Waals surface area (Å²) in [7, 11) is 0. The summed E-state index contributed by atoms with van der Waals surface area (Å²) in [5.41, 5.74) is 0.109. The molecule has 98 valence electrons. The molecule has 0 aromatic carbocycles. The molecule has 0 atom stereocenters. The van der Waals surface area contributed by atoms with Crippen molar-refractivity contribution in [3.05, 3.63) is 27.4 Å². The Hall–Kier alpha value is -1.69. The molecule has 2 rings (SSSR count). The normalized spacial score (nSPS) is 15.9. The van der Waals surface area contributed by atoms with Crippen LogP contribution in [-0.4, -0.2) is 45.1 Å². The van der Waals surface area contributed by atoms with Gasteiger partial charge in [0.15, 0.2) is 0 Å². The number of likely N-dealkylation sites (tertiary alicyclic amines) is 1. The van der Waals surface area contributed by atoms with Crippen molar-refractivity contribution in [1.82, 2.24) is 14.9 Å². The number of β-amino-alcohol motifs (C(OH)–C–C–N with tert-alkyl or cyclic N) is 1. The van der Waals surface area contributed by atoms with Crippen molar-refractivity contribution in [2.45, 2.75) is 32.8 Å². The maximum Gasteiger partial charge on any atom is 0.264 e. The smallest absolute Gasteiger partial charge is 0.264 e. The van der Waals surface area contributed by atoms with Crippen LogP contribution >= 0.6 is 0 Å². The molecule has 1 aliphatic heterocycles. The number of nitrogens with one attached hydrogen (secondary N) is 1. The SMILES string of the molecule is Cc1nc(C(C)C)[nH]c(=O)c1C(=O)N1CC(O)C1. The van der Waals surface area contributed by atoms with Gasteiger partial charge in [0, 0.05) is 19.0 Å². The zero-order valence-corrected chi connectivity index (χ0v) is 10.7. The molecule has 1 amide bonds. The largest absolute Gasteiger partial charge is 0.389 e. The number of aliphatic hydroxyl groups excluding tert-OH is 1. The Labute approximate surface area is 105 Å². The Morgan fingerprint density at radius 3 is 2.56 bits per heavy atom. The molecular formula is C12H17N3O3. The van der Waals surface area contributed by atoms with E-state index >= 15 is 0 Å². The number of aliphatic hydroxyl groups is 1. The van der Waals surface area contributed by atoms with Gasteiger partial charge < -0.3 is 15.0 Å². The van der Waals surface area contributed by atoms with Gasteiger partial charge in [-0.05, 0) is 6.92 Å². The van der Waals surface area contributed by atoms with Crippen molar-refractivity contribution in [1.29, 1.82) is 0 Å². The minimum atomic E-state index is -0.476. The number of aromatic amines is 1. The Bertz CT molecular complexity index is 530. The monoisotopic (exact) mass is 251 g/mol. The average Bonchev–Trinajstić information content (AvgIpc) is 2.23. The van der Waals surface area contributed by atoms with E-state index in [1.165, 1.54) is 4.90 Å². The second-order valence-corrected chi connectivity index (χ2v) is 4.93. The predicted octanol–water partition coefficient (Wildman–Crippen LogP) is 0.0184. The number of hydrogen-bond donors (Lipinski definition) is 2. The minimum Gasteiger partial charge on any atom is -0.389 e. The summed E-state index contributed by atoms with van der Waals surface area (Å²) in [6, 6.07) is 0. The van der Waals surface area contributed by atoms with E-state index in [0.29, 0.717) is 11.5 Å². The van der Waals surface area contributed by atoms with Gasteiger partial charge in [-0.3, -0.25) is 9.59 Å². The van der Waals surface area contributed by atoms with Gasteiger partial charge in [-0.25, -0.2) is 4.98 Å². The van der Waals surface area contributed by atoms with E-state index in [9.17, 15) is 14.7 Å². The van der Waals surface area contributed by atoms with Crippen LogP contribution in [0.4, 0.5) is 0 Å². The van der Waals surface area contributed by atoms with Crippen LogP contribution in [0.3, 0.4) is 0 Å². The van der Waals surface area contributed by atoms with Crippen LogP contribution in [-0.2, 0) is 0 Å². The molecule has 1 saturated heterocycles. The second kappa shape index (κ2) is 4.53. The van der Waals surface area contributed by atoms with E-state index in [1.807, 2.05) is 13.8 Å². The lowest BCUT2D eigenvalue weighted by atomic mass is 10.1. The van der Waals surface area contributed by atoms with Crippen LogP contribution in [0.5, 0.6) is 0 Å². The van der Waals surface area contributed by atoms with Gasteiger partial charge in [0.1, 0.15) is 11.4 Å². The van der Waals surface area contributed by atoms with Gasteiger partial charge in [-0.2, -0.15) is 0 Å². The van der Waals surface area contributed by atoms with Gasteiger partial charge in [0.05, 0.1) is 11.8 Å². The maximum atomic E-state index is 12.1. The van der Waals surface area contributed by atoms with Crippen LogP contribution in [0, 0.1) is 6.92 Å². The molecule has 0 saturated carbocycles. The summed E-state index contributed by atoms with van der Waals surface area (Å²) in [5, 5.41) is 9.17. The van der Waals surface area contributed by atoms with E-state index in [1.54, 1.807) is 6.92 Å². The quantitative estimate of drug-likeness (QED) is 0.775. The first-order valence-corrected chi connectivity index (χ1v) is 5.98. The molecule has 0 aliphatic carbocycles. The number of carbonyl (C=O) groups excluding carboxylic acids is 1. The van der Waals surface area contributed by atoms with Gasteiger partial charge in [-0.1, -0.05) is 13.8 Å². The van der Waals surface area contributed by atoms with E-state index in [2.05, 4.69) is 9.97 Å². The van der Waals surface area contributed by atoms with Crippen molar-refractivity contribution in [3.63, 3.8) is 0 Å². The number of carbonyl (C=O) groups is 1. The molecule has 6 nitrogen and oxygen atoms in total. The van der Waals surface area contributed by atoms with Gasteiger partial charge in [0.25, 0.3) is 11.5 Å². The number of aryl methyl sites for hydroxylation is 1. The molecule has 18 heavy (non-hydrogen) atoms. The van der Waals surface area contributed by atoms with E-state index < -0.39 is 11.7 Å². The third-order valence-electron chi connectivity index (χ3n) is 3.03. The second-order valence-electron chi connectivity index (χ2n) is 4.93. The number of rotatable bonds is 2. The van der Waals surface area contributed by atoms with Crippen LogP contribution < -0.4 is 5.56 Å². The highest BCUT2D eigenvalue weighted by atomic mass is 16.3. The van der Waals surface area contributed by atoms with Gasteiger partial charge >= 0.3 is 0 Å². The first-order chi connectivity index (χ1) is 8.40. The Morgan fingerprint density at radius 2 is 2.11 bits per heavy atom. The molecule has 1 aromatic rings. The van der Waals surface area contributed by atoms with Crippen LogP contribution in [0.2, 0.25) is 0 Å². The molecule has 0 radical (unpaired) electrons. The maximum absolute atomic E-state index is 12.1. The fourth-order valence-corrected chi connectivity index (χ4v) is 1.91.